The molecule has 1 aliphatic rings. The molecule has 0 amide bonds. The SMILES string of the molecule is CC1C(CS)OC(=O)C1CS. The van der Waals surface area contributed by atoms with E-state index in [4.69, 9.17) is 4.74 Å². The van der Waals surface area contributed by atoms with Crippen LogP contribution in [0.5, 0.6) is 0 Å². The summed E-state index contributed by atoms with van der Waals surface area (Å²) >= 11 is 8.18. The Morgan fingerprint density at radius 1 is 1.45 bits per heavy atom. The highest BCUT2D eigenvalue weighted by Gasteiger charge is 2.39. The first-order valence-electron chi connectivity index (χ1n) is 3.63. The van der Waals surface area contributed by atoms with E-state index in [1.54, 1.807) is 0 Å². The normalized spacial score (nSPS) is 37.4. The number of thiol groups is 2. The van der Waals surface area contributed by atoms with Gasteiger partial charge < -0.3 is 4.74 Å². The van der Waals surface area contributed by atoms with Gasteiger partial charge in [0.2, 0.25) is 0 Å². The van der Waals surface area contributed by atoms with Crippen molar-refractivity contribution in [2.45, 2.75) is 13.0 Å². The third-order valence-corrected chi connectivity index (χ3v) is 2.92. The van der Waals surface area contributed by atoms with Crippen molar-refractivity contribution in [1.29, 1.82) is 0 Å². The Balaban J connectivity index is 2.62. The maximum Gasteiger partial charge on any atom is 0.310 e. The Hall–Kier alpha value is 0.170. The molecule has 2 nitrogen and oxygen atoms in total. The molecular weight excluding hydrogens is 180 g/mol. The van der Waals surface area contributed by atoms with Crippen LogP contribution in [0, 0.1) is 11.8 Å². The predicted octanol–water partition coefficient (Wildman–Crippen LogP) is 1.02. The molecule has 4 heteroatoms. The summed E-state index contributed by atoms with van der Waals surface area (Å²) in [7, 11) is 0. The van der Waals surface area contributed by atoms with Crippen LogP contribution in [0.4, 0.5) is 0 Å². The van der Waals surface area contributed by atoms with Crippen LogP contribution >= 0.6 is 25.3 Å². The third kappa shape index (κ3) is 1.67. The van der Waals surface area contributed by atoms with E-state index in [9.17, 15) is 4.79 Å². The molecule has 0 bridgehead atoms. The molecule has 0 saturated carbocycles. The number of rotatable bonds is 2. The molecule has 11 heavy (non-hydrogen) atoms. The zero-order valence-electron chi connectivity index (χ0n) is 6.36. The molecule has 1 saturated heterocycles. The Kier molecular flexibility index (Phi) is 3.13. The van der Waals surface area contributed by atoms with Crippen LogP contribution in [-0.4, -0.2) is 23.6 Å². The van der Waals surface area contributed by atoms with Crippen molar-refractivity contribution in [3.8, 4) is 0 Å². The first kappa shape index (κ1) is 9.26. The fourth-order valence-electron chi connectivity index (χ4n) is 1.26. The summed E-state index contributed by atoms with van der Waals surface area (Å²) < 4.78 is 5.06. The first-order chi connectivity index (χ1) is 5.20. The van der Waals surface area contributed by atoms with E-state index in [-0.39, 0.29) is 23.9 Å². The van der Waals surface area contributed by atoms with Crippen LogP contribution in [0.3, 0.4) is 0 Å². The molecule has 0 aliphatic carbocycles. The highest BCUT2D eigenvalue weighted by molar-refractivity contribution is 7.80. The van der Waals surface area contributed by atoms with Gasteiger partial charge in [-0.15, -0.1) is 0 Å². The lowest BCUT2D eigenvalue weighted by Gasteiger charge is -2.11. The number of carbonyl (C=O) groups excluding carboxylic acids is 1. The standard InChI is InChI=1S/C7H12O2S2/c1-4-5(2-10)7(8)9-6(4)3-11/h4-6,10-11H,2-3H2,1H3. The molecule has 1 aliphatic heterocycles. The van der Waals surface area contributed by atoms with Crippen molar-refractivity contribution in [1.82, 2.24) is 0 Å². The summed E-state index contributed by atoms with van der Waals surface area (Å²) in [6.07, 6.45) is -0.0111. The minimum atomic E-state index is -0.119. The van der Waals surface area contributed by atoms with E-state index < -0.39 is 0 Å². The first-order valence-corrected chi connectivity index (χ1v) is 4.89. The van der Waals surface area contributed by atoms with Crippen molar-refractivity contribution < 1.29 is 9.53 Å². The van der Waals surface area contributed by atoms with E-state index >= 15 is 0 Å². The zero-order valence-corrected chi connectivity index (χ0v) is 8.15. The maximum absolute atomic E-state index is 11.1. The zero-order chi connectivity index (χ0) is 8.43. The average molecular weight is 192 g/mol. The topological polar surface area (TPSA) is 26.3 Å². The Bertz CT molecular complexity index is 161. The molecule has 3 unspecified atom stereocenters. The molecule has 1 fully saturated rings. The van der Waals surface area contributed by atoms with Crippen LogP contribution in [-0.2, 0) is 9.53 Å². The second-order valence-electron chi connectivity index (χ2n) is 2.81. The van der Waals surface area contributed by atoms with Crippen molar-refractivity contribution in [2.75, 3.05) is 11.5 Å². The van der Waals surface area contributed by atoms with Gasteiger partial charge in [-0.3, -0.25) is 4.79 Å². The molecular formula is C7H12O2S2. The predicted molar refractivity (Wildman–Crippen MR) is 50.2 cm³/mol. The molecule has 0 spiro atoms. The Labute approximate surface area is 77.5 Å². The number of carbonyl (C=O) groups is 1. The van der Waals surface area contributed by atoms with E-state index in [0.29, 0.717) is 11.5 Å². The molecule has 0 N–H and O–H groups in total. The van der Waals surface area contributed by atoms with Gasteiger partial charge in [0.25, 0.3) is 0 Å². The molecule has 0 aromatic carbocycles. The minimum Gasteiger partial charge on any atom is -0.461 e. The fraction of sp³-hybridized carbons (Fsp3) is 0.857. The van der Waals surface area contributed by atoms with Crippen LogP contribution in [0.2, 0.25) is 0 Å². The van der Waals surface area contributed by atoms with Crippen LogP contribution in [0.15, 0.2) is 0 Å². The number of hydrogen-bond donors (Lipinski definition) is 2. The fourth-order valence-corrected chi connectivity index (χ4v) is 2.15. The number of ether oxygens (including phenoxy) is 1. The molecule has 0 aromatic rings. The van der Waals surface area contributed by atoms with Crippen molar-refractivity contribution in [3.05, 3.63) is 0 Å². The molecule has 0 radical (unpaired) electrons. The van der Waals surface area contributed by atoms with Gasteiger partial charge in [0.15, 0.2) is 0 Å². The van der Waals surface area contributed by atoms with Gasteiger partial charge in [-0.2, -0.15) is 25.3 Å². The summed E-state index contributed by atoms with van der Waals surface area (Å²) in [5.41, 5.74) is 0. The summed E-state index contributed by atoms with van der Waals surface area (Å²) in [6, 6.07) is 0. The molecule has 3 atom stereocenters. The van der Waals surface area contributed by atoms with Crippen LogP contribution in [0.25, 0.3) is 0 Å². The van der Waals surface area contributed by atoms with Crippen molar-refractivity contribution >= 4 is 31.2 Å². The van der Waals surface area contributed by atoms with Gasteiger partial charge >= 0.3 is 5.97 Å². The van der Waals surface area contributed by atoms with Gasteiger partial charge in [0.05, 0.1) is 5.92 Å². The summed E-state index contributed by atoms with van der Waals surface area (Å²) in [4.78, 5) is 11.1. The second kappa shape index (κ2) is 3.72. The number of cyclic esters (lactones) is 1. The van der Waals surface area contributed by atoms with Crippen molar-refractivity contribution in [2.24, 2.45) is 11.8 Å². The molecule has 1 rings (SSSR count). The quantitative estimate of drug-likeness (QED) is 0.505. The Morgan fingerprint density at radius 3 is 2.36 bits per heavy atom. The third-order valence-electron chi connectivity index (χ3n) is 2.17. The number of hydrogen-bond acceptors (Lipinski definition) is 4. The summed E-state index contributed by atoms with van der Waals surface area (Å²) in [6.45, 7) is 2.01. The lowest BCUT2D eigenvalue weighted by molar-refractivity contribution is -0.143. The minimum absolute atomic E-state index is 0.0111. The van der Waals surface area contributed by atoms with E-state index in [0.717, 1.165) is 0 Å². The molecule has 0 aromatic heterocycles. The van der Waals surface area contributed by atoms with E-state index in [2.05, 4.69) is 25.3 Å². The van der Waals surface area contributed by atoms with Gasteiger partial charge in [0.1, 0.15) is 6.10 Å². The van der Waals surface area contributed by atoms with Gasteiger partial charge in [-0.1, -0.05) is 6.92 Å². The van der Waals surface area contributed by atoms with E-state index in [1.807, 2.05) is 6.92 Å². The van der Waals surface area contributed by atoms with Crippen LogP contribution < -0.4 is 0 Å². The number of esters is 1. The monoisotopic (exact) mass is 192 g/mol. The van der Waals surface area contributed by atoms with Crippen molar-refractivity contribution in [3.63, 3.8) is 0 Å². The van der Waals surface area contributed by atoms with E-state index in [1.165, 1.54) is 0 Å². The average Bonchev–Trinajstić information content (AvgIpc) is 2.26. The van der Waals surface area contributed by atoms with Gasteiger partial charge in [-0.25, -0.2) is 0 Å². The lowest BCUT2D eigenvalue weighted by atomic mass is 9.95. The smallest absolute Gasteiger partial charge is 0.310 e. The highest BCUT2D eigenvalue weighted by atomic mass is 32.1. The molecule has 1 heterocycles. The van der Waals surface area contributed by atoms with Gasteiger partial charge in [0, 0.05) is 17.4 Å². The van der Waals surface area contributed by atoms with Crippen LogP contribution in [0.1, 0.15) is 6.92 Å². The second-order valence-corrected chi connectivity index (χ2v) is 3.54. The summed E-state index contributed by atoms with van der Waals surface area (Å²) in [5, 5.41) is 0. The highest BCUT2D eigenvalue weighted by Crippen LogP contribution is 2.29. The van der Waals surface area contributed by atoms with Gasteiger partial charge in [-0.05, 0) is 0 Å². The largest absolute Gasteiger partial charge is 0.461 e. The molecule has 64 valence electrons. The maximum atomic E-state index is 11.1. The summed E-state index contributed by atoms with van der Waals surface area (Å²) in [5.74, 6) is 1.29. The Morgan fingerprint density at radius 2 is 2.09 bits per heavy atom. The lowest BCUT2D eigenvalue weighted by Crippen LogP contribution is -2.19.